The molecule has 5 heteroatoms. The fraction of sp³-hybridized carbons (Fsp3) is 0.364. The summed E-state index contributed by atoms with van der Waals surface area (Å²) in [4.78, 5) is 10.5. The van der Waals surface area contributed by atoms with E-state index in [-0.39, 0.29) is 19.6 Å². The van der Waals surface area contributed by atoms with Crippen molar-refractivity contribution in [3.63, 3.8) is 0 Å². The van der Waals surface area contributed by atoms with E-state index in [0.29, 0.717) is 11.5 Å². The van der Waals surface area contributed by atoms with Gasteiger partial charge in [-0.1, -0.05) is 0 Å². The summed E-state index contributed by atoms with van der Waals surface area (Å²) >= 11 is 0. The van der Waals surface area contributed by atoms with E-state index in [0.717, 1.165) is 5.56 Å². The first-order valence-electron chi connectivity index (χ1n) is 5.03. The quantitative estimate of drug-likeness (QED) is 0.772. The van der Waals surface area contributed by atoms with Gasteiger partial charge in [0.05, 0.1) is 13.0 Å². The molecule has 5 nitrogen and oxygen atoms in total. The molecule has 1 amide bonds. The van der Waals surface area contributed by atoms with Crippen molar-refractivity contribution < 1.29 is 19.4 Å². The third kappa shape index (κ3) is 2.25. The lowest BCUT2D eigenvalue weighted by molar-refractivity contribution is -0.118. The number of aliphatic hydroxyl groups excluding tert-OH is 1. The van der Waals surface area contributed by atoms with E-state index in [1.807, 2.05) is 0 Å². The molecule has 86 valence electrons. The van der Waals surface area contributed by atoms with Crippen LogP contribution in [0.5, 0.6) is 11.5 Å². The molecular formula is C11H13NO4. The third-order valence-electron chi connectivity index (χ3n) is 2.36. The molecule has 0 bridgehead atoms. The topological polar surface area (TPSA) is 81.8 Å². The first-order chi connectivity index (χ1) is 7.66. The minimum Gasteiger partial charge on any atom is -0.493 e. The number of aliphatic hydroxyl groups is 1. The van der Waals surface area contributed by atoms with Crippen LogP contribution in [-0.2, 0) is 4.79 Å². The predicted molar refractivity (Wildman–Crippen MR) is 56.2 cm³/mol. The molecule has 1 heterocycles. The van der Waals surface area contributed by atoms with Crippen molar-refractivity contribution >= 4 is 5.91 Å². The van der Waals surface area contributed by atoms with E-state index in [4.69, 9.17) is 15.2 Å². The van der Waals surface area contributed by atoms with Crippen LogP contribution in [0.4, 0.5) is 0 Å². The van der Waals surface area contributed by atoms with E-state index < -0.39 is 12.0 Å². The van der Waals surface area contributed by atoms with E-state index >= 15 is 0 Å². The van der Waals surface area contributed by atoms with Crippen LogP contribution in [0.15, 0.2) is 18.2 Å². The first kappa shape index (κ1) is 10.8. The zero-order valence-electron chi connectivity index (χ0n) is 8.68. The second-order valence-corrected chi connectivity index (χ2v) is 3.59. The summed E-state index contributed by atoms with van der Waals surface area (Å²) in [6.07, 6.45) is -0.379. The summed E-state index contributed by atoms with van der Waals surface area (Å²) in [6.45, 7) is 0.525. The molecule has 1 atom stereocenters. The number of benzene rings is 1. The summed E-state index contributed by atoms with van der Waals surface area (Å²) in [6, 6.07) is 5.19. The molecule has 0 saturated carbocycles. The molecule has 0 fully saturated rings. The zero-order chi connectivity index (χ0) is 11.5. The maximum atomic E-state index is 10.5. The molecule has 0 aromatic heterocycles. The average Bonchev–Trinajstić information content (AvgIpc) is 2.60. The summed E-state index contributed by atoms with van der Waals surface area (Å²) < 4.78 is 10.6. The summed E-state index contributed by atoms with van der Waals surface area (Å²) in [5, 5.41) is 9.49. The second-order valence-electron chi connectivity index (χ2n) is 3.59. The Morgan fingerprint density at radius 3 is 3.19 bits per heavy atom. The Morgan fingerprint density at radius 1 is 1.62 bits per heavy atom. The Hall–Kier alpha value is -1.75. The highest BCUT2D eigenvalue weighted by molar-refractivity contribution is 5.73. The lowest BCUT2D eigenvalue weighted by atomic mass is 10.1. The van der Waals surface area contributed by atoms with Gasteiger partial charge < -0.3 is 20.3 Å². The average molecular weight is 223 g/mol. The minimum atomic E-state index is -0.560. The number of fused-ring (bicyclic) bond motifs is 1. The molecule has 0 radical (unpaired) electrons. The van der Waals surface area contributed by atoms with Gasteiger partial charge in [0.25, 0.3) is 0 Å². The molecule has 3 N–H and O–H groups in total. The first-order valence-corrected chi connectivity index (χ1v) is 5.03. The predicted octanol–water partition coefficient (Wildman–Crippen LogP) is 0.367. The molecule has 1 aliphatic heterocycles. The molecule has 16 heavy (non-hydrogen) atoms. The zero-order valence-corrected chi connectivity index (χ0v) is 8.68. The summed E-state index contributed by atoms with van der Waals surface area (Å²) in [7, 11) is 0. The number of nitrogens with two attached hydrogens (primary N) is 1. The number of ether oxygens (including phenoxy) is 2. The van der Waals surface area contributed by atoms with Gasteiger partial charge in [-0.15, -0.1) is 0 Å². The molecule has 1 aromatic rings. The van der Waals surface area contributed by atoms with E-state index in [1.165, 1.54) is 0 Å². The number of primary amides is 1. The van der Waals surface area contributed by atoms with E-state index in [2.05, 4.69) is 0 Å². The van der Waals surface area contributed by atoms with Gasteiger partial charge in [-0.25, -0.2) is 0 Å². The van der Waals surface area contributed by atoms with Crippen molar-refractivity contribution in [1.29, 1.82) is 0 Å². The number of amides is 1. The van der Waals surface area contributed by atoms with Crippen LogP contribution in [0.2, 0.25) is 0 Å². The second kappa shape index (κ2) is 4.40. The van der Waals surface area contributed by atoms with Crippen molar-refractivity contribution in [2.24, 2.45) is 5.73 Å². The van der Waals surface area contributed by atoms with Crippen LogP contribution < -0.4 is 15.2 Å². The molecule has 0 saturated heterocycles. The van der Waals surface area contributed by atoms with E-state index in [9.17, 15) is 9.90 Å². The fourth-order valence-electron chi connectivity index (χ4n) is 1.53. The number of carbonyl (C=O) groups is 1. The van der Waals surface area contributed by atoms with Crippen molar-refractivity contribution in [1.82, 2.24) is 0 Å². The van der Waals surface area contributed by atoms with Gasteiger partial charge in [-0.3, -0.25) is 4.79 Å². The maximum Gasteiger partial charge on any atom is 0.220 e. The molecule has 1 aliphatic rings. The Labute approximate surface area is 92.8 Å². The molecule has 0 aliphatic carbocycles. The largest absolute Gasteiger partial charge is 0.493 e. The number of carbonyl (C=O) groups excluding carboxylic acids is 1. The lowest BCUT2D eigenvalue weighted by Gasteiger charge is -2.06. The van der Waals surface area contributed by atoms with Crippen LogP contribution in [0.3, 0.4) is 0 Å². The van der Waals surface area contributed by atoms with Crippen LogP contribution in [-0.4, -0.2) is 24.2 Å². The monoisotopic (exact) mass is 223 g/mol. The number of hydrogen-bond acceptors (Lipinski definition) is 4. The Morgan fingerprint density at radius 2 is 2.44 bits per heavy atom. The van der Waals surface area contributed by atoms with E-state index in [1.54, 1.807) is 18.2 Å². The molecule has 0 spiro atoms. The normalized spacial score (nSPS) is 17.7. The van der Waals surface area contributed by atoms with Crippen LogP contribution in [0.25, 0.3) is 0 Å². The summed E-state index contributed by atoms with van der Waals surface area (Å²) in [5.74, 6) is 0.839. The highest BCUT2D eigenvalue weighted by Gasteiger charge is 2.21. The number of hydrogen-bond donors (Lipinski definition) is 2. The van der Waals surface area contributed by atoms with Gasteiger partial charge in [0.2, 0.25) is 5.91 Å². The molecule has 2 rings (SSSR count). The third-order valence-corrected chi connectivity index (χ3v) is 2.36. The smallest absolute Gasteiger partial charge is 0.220 e. The maximum absolute atomic E-state index is 10.5. The molecule has 1 unspecified atom stereocenters. The standard InChI is InChI=1S/C11H13NO4/c12-11(14)3-4-15-7-1-2-8-9(13)6-16-10(8)5-7/h1-2,5,9,13H,3-4,6H2,(H2,12,14). The van der Waals surface area contributed by atoms with Gasteiger partial charge in [-0.2, -0.15) is 0 Å². The Balaban J connectivity index is 1.99. The number of rotatable bonds is 4. The van der Waals surface area contributed by atoms with Gasteiger partial charge in [0, 0.05) is 11.6 Å². The SMILES string of the molecule is NC(=O)CCOc1ccc2c(c1)OCC2O. The van der Waals surface area contributed by atoms with Crippen molar-refractivity contribution in [3.8, 4) is 11.5 Å². The summed E-state index contributed by atoms with van der Waals surface area (Å²) in [5.41, 5.74) is 5.75. The fourth-order valence-corrected chi connectivity index (χ4v) is 1.53. The molecule has 1 aromatic carbocycles. The minimum absolute atomic E-state index is 0.181. The Kier molecular flexibility index (Phi) is 2.96. The van der Waals surface area contributed by atoms with Crippen molar-refractivity contribution in [2.75, 3.05) is 13.2 Å². The van der Waals surface area contributed by atoms with Gasteiger partial charge in [-0.05, 0) is 12.1 Å². The lowest BCUT2D eigenvalue weighted by Crippen LogP contribution is -2.14. The van der Waals surface area contributed by atoms with Crippen molar-refractivity contribution in [2.45, 2.75) is 12.5 Å². The Bertz CT molecular complexity index is 405. The van der Waals surface area contributed by atoms with Crippen LogP contribution in [0.1, 0.15) is 18.1 Å². The van der Waals surface area contributed by atoms with Crippen LogP contribution in [0, 0.1) is 0 Å². The van der Waals surface area contributed by atoms with Gasteiger partial charge in [0.1, 0.15) is 24.2 Å². The highest BCUT2D eigenvalue weighted by atomic mass is 16.5. The molecular weight excluding hydrogens is 210 g/mol. The van der Waals surface area contributed by atoms with Crippen LogP contribution >= 0.6 is 0 Å². The van der Waals surface area contributed by atoms with Crippen molar-refractivity contribution in [3.05, 3.63) is 23.8 Å². The van der Waals surface area contributed by atoms with Gasteiger partial charge >= 0.3 is 0 Å². The highest BCUT2D eigenvalue weighted by Crippen LogP contribution is 2.34. The van der Waals surface area contributed by atoms with Gasteiger partial charge in [0.15, 0.2) is 0 Å².